The third-order valence-electron chi connectivity index (χ3n) is 4.59. The highest BCUT2D eigenvalue weighted by Gasteiger charge is 2.36. The van der Waals surface area contributed by atoms with Gasteiger partial charge in [0.25, 0.3) is 5.91 Å². The third kappa shape index (κ3) is 5.82. The van der Waals surface area contributed by atoms with Gasteiger partial charge in [0.15, 0.2) is 5.78 Å². The minimum atomic E-state index is -0.903. The van der Waals surface area contributed by atoms with E-state index >= 15 is 0 Å². The van der Waals surface area contributed by atoms with Gasteiger partial charge >= 0.3 is 0 Å². The second kappa shape index (κ2) is 9.17. The lowest BCUT2D eigenvalue weighted by molar-refractivity contribution is 0.0373. The van der Waals surface area contributed by atoms with Crippen molar-refractivity contribution in [1.82, 2.24) is 9.06 Å². The Morgan fingerprint density at radius 2 is 1.48 bits per heavy atom. The number of ketones is 1. The lowest BCUT2D eigenvalue weighted by Crippen LogP contribution is -2.48. The van der Waals surface area contributed by atoms with Crippen LogP contribution in [0.1, 0.15) is 67.3 Å². The highest BCUT2D eigenvalue weighted by Crippen LogP contribution is 2.30. The third-order valence-corrected chi connectivity index (χ3v) is 6.27. The molecule has 2 rings (SSSR count). The molecule has 0 spiro atoms. The molecule has 1 amide bonds. The summed E-state index contributed by atoms with van der Waals surface area (Å²) in [5.41, 5.74) is 1.22. The van der Waals surface area contributed by atoms with E-state index in [1.54, 1.807) is 38.1 Å². The summed E-state index contributed by atoms with van der Waals surface area (Å²) in [6, 6.07) is 14.5. The van der Waals surface area contributed by atoms with E-state index in [1.807, 2.05) is 24.3 Å². The van der Waals surface area contributed by atoms with Crippen LogP contribution in [0.25, 0.3) is 0 Å². The van der Waals surface area contributed by atoms with Crippen LogP contribution in [-0.4, -0.2) is 26.3 Å². The summed E-state index contributed by atoms with van der Waals surface area (Å²) in [5.74, 6) is -0.580. The Hall–Kier alpha value is -1.40. The Morgan fingerprint density at radius 1 is 0.931 bits per heavy atom. The van der Waals surface area contributed by atoms with Crippen molar-refractivity contribution < 1.29 is 9.59 Å². The minimum Gasteiger partial charge on any atom is -0.294 e. The maximum Gasteiger partial charge on any atom is 0.285 e. The zero-order valence-corrected chi connectivity index (χ0v) is 20.3. The van der Waals surface area contributed by atoms with Crippen molar-refractivity contribution in [3.05, 3.63) is 69.7 Å². The smallest absolute Gasteiger partial charge is 0.285 e. The highest BCUT2D eigenvalue weighted by atomic mass is 79.9. The molecule has 2 aromatic carbocycles. The van der Waals surface area contributed by atoms with Gasteiger partial charge in [0, 0.05) is 40.0 Å². The molecule has 0 aliphatic rings. The number of Topliss-reactive ketones (excluding diaryl/α,β-unsaturated/α-hetero) is 1. The Balaban J connectivity index is 2.13. The Morgan fingerprint density at radius 3 is 2.00 bits per heavy atom. The summed E-state index contributed by atoms with van der Waals surface area (Å²) in [6.45, 7) is 9.87. The summed E-state index contributed by atoms with van der Waals surface area (Å²) in [7, 11) is 0. The highest BCUT2D eigenvalue weighted by molar-refractivity contribution is 9.10. The molecule has 0 saturated heterocycles. The summed E-state index contributed by atoms with van der Waals surface area (Å²) in [4.78, 5) is 25.5. The summed E-state index contributed by atoms with van der Waals surface area (Å²) < 4.78 is 2.48. The number of nitrogens with zero attached hydrogens (tertiary/aromatic N) is 2. The van der Waals surface area contributed by atoms with Crippen LogP contribution in [0, 0.1) is 0 Å². The molecule has 0 bridgehead atoms. The second-order valence-electron chi connectivity index (χ2n) is 8.54. The molecule has 0 aromatic heterocycles. The fourth-order valence-corrected chi connectivity index (χ4v) is 3.65. The Bertz CT molecular complexity index is 892. The van der Waals surface area contributed by atoms with Crippen LogP contribution in [0.15, 0.2) is 53.0 Å². The maximum absolute atomic E-state index is 12.8. The number of hydrogen-bond acceptors (Lipinski definition) is 3. The molecule has 0 atom stereocenters. The van der Waals surface area contributed by atoms with E-state index in [0.717, 1.165) is 14.6 Å². The summed E-state index contributed by atoms with van der Waals surface area (Å²) in [5, 5.41) is 0. The van der Waals surface area contributed by atoms with Crippen molar-refractivity contribution in [1.29, 1.82) is 0 Å². The van der Waals surface area contributed by atoms with Gasteiger partial charge in [0.05, 0.1) is 11.1 Å². The standard InChI is InChI=1S/C22H25BrCl2N2O2/c1-21(2,3)16-12-10-15(11-13-16)19(28)14-22(4,5)27(25)26(24)20(29)17-8-6-7-9-18(17)23/h6-13H,14H2,1-5H3. The quantitative estimate of drug-likeness (QED) is 0.250. The van der Waals surface area contributed by atoms with Crippen LogP contribution in [0.3, 0.4) is 0 Å². The monoisotopic (exact) mass is 498 g/mol. The molecule has 4 nitrogen and oxygen atoms in total. The number of rotatable bonds is 6. The van der Waals surface area contributed by atoms with Gasteiger partial charge in [-0.1, -0.05) is 57.2 Å². The molecule has 0 fully saturated rings. The number of hydrazine groups is 1. The van der Waals surface area contributed by atoms with Gasteiger partial charge in [-0.2, -0.15) is 4.53 Å². The van der Waals surface area contributed by atoms with Crippen molar-refractivity contribution in [3.8, 4) is 0 Å². The molecule has 0 aliphatic carbocycles. The lowest BCUT2D eigenvalue weighted by Gasteiger charge is -2.36. The van der Waals surface area contributed by atoms with Crippen molar-refractivity contribution >= 4 is 51.2 Å². The molecule has 0 N–H and O–H groups in total. The maximum atomic E-state index is 12.8. The normalized spacial score (nSPS) is 12.2. The SMILES string of the molecule is CC(C)(C)c1ccc(C(=O)CC(C)(C)N(Cl)N(Cl)C(=O)c2ccccc2Br)cc1. The van der Waals surface area contributed by atoms with Gasteiger partial charge in [-0.15, -0.1) is 4.53 Å². The second-order valence-corrected chi connectivity index (χ2v) is 10.0. The molecular formula is C22H25BrCl2N2O2. The number of carbonyl (C=O) groups excluding carboxylic acids is 2. The first-order chi connectivity index (χ1) is 13.3. The molecule has 0 heterocycles. The minimum absolute atomic E-state index is 0.0129. The molecule has 2 aromatic rings. The number of halogens is 3. The van der Waals surface area contributed by atoms with Crippen molar-refractivity contribution in [2.24, 2.45) is 0 Å². The van der Waals surface area contributed by atoms with Gasteiger partial charge in [0.2, 0.25) is 0 Å². The Kier molecular flexibility index (Phi) is 7.55. The van der Waals surface area contributed by atoms with Gasteiger partial charge in [-0.25, -0.2) is 0 Å². The van der Waals surface area contributed by atoms with Gasteiger partial charge < -0.3 is 0 Å². The predicted octanol–water partition coefficient (Wildman–Crippen LogP) is 6.77. The topological polar surface area (TPSA) is 40.6 Å². The zero-order chi connectivity index (χ0) is 22.0. The first-order valence-corrected chi connectivity index (χ1v) is 10.7. The Labute approximate surface area is 191 Å². The number of hydrogen-bond donors (Lipinski definition) is 0. The zero-order valence-electron chi connectivity index (χ0n) is 17.2. The van der Waals surface area contributed by atoms with Crippen molar-refractivity contribution in [3.63, 3.8) is 0 Å². The number of benzene rings is 2. The molecule has 0 radical (unpaired) electrons. The fourth-order valence-electron chi connectivity index (χ4n) is 2.77. The van der Waals surface area contributed by atoms with Crippen LogP contribution in [0.5, 0.6) is 0 Å². The first-order valence-electron chi connectivity index (χ1n) is 9.19. The fraction of sp³-hybridized carbons (Fsp3) is 0.364. The van der Waals surface area contributed by atoms with Gasteiger partial charge in [0.1, 0.15) is 0 Å². The molecular weight excluding hydrogens is 475 g/mol. The number of carbonyl (C=O) groups is 2. The first kappa shape index (κ1) is 23.9. The summed E-state index contributed by atoms with van der Waals surface area (Å²) in [6.07, 6.45) is 0.0812. The molecule has 0 unspecified atom stereocenters. The van der Waals surface area contributed by atoms with E-state index in [4.69, 9.17) is 23.6 Å². The summed E-state index contributed by atoms with van der Waals surface area (Å²) >= 11 is 15.9. The van der Waals surface area contributed by atoms with Gasteiger partial charge in [-0.05, 0) is 52.9 Å². The van der Waals surface area contributed by atoms with E-state index in [1.165, 1.54) is 0 Å². The van der Waals surface area contributed by atoms with Crippen LogP contribution >= 0.6 is 39.5 Å². The van der Waals surface area contributed by atoms with Crippen molar-refractivity contribution in [2.45, 2.75) is 52.0 Å². The average Bonchev–Trinajstić information content (AvgIpc) is 2.65. The van der Waals surface area contributed by atoms with Crippen LogP contribution in [0.4, 0.5) is 0 Å². The molecule has 0 aliphatic heterocycles. The van der Waals surface area contributed by atoms with Crippen LogP contribution in [0.2, 0.25) is 0 Å². The molecule has 0 saturated carbocycles. The van der Waals surface area contributed by atoms with Gasteiger partial charge in [-0.3, -0.25) is 9.59 Å². The average molecular weight is 500 g/mol. The van der Waals surface area contributed by atoms with E-state index in [2.05, 4.69) is 36.7 Å². The van der Waals surface area contributed by atoms with E-state index < -0.39 is 11.4 Å². The van der Waals surface area contributed by atoms with Crippen LogP contribution in [-0.2, 0) is 5.41 Å². The molecule has 156 valence electrons. The van der Waals surface area contributed by atoms with E-state index in [9.17, 15) is 9.59 Å². The largest absolute Gasteiger partial charge is 0.294 e. The molecule has 7 heteroatoms. The van der Waals surface area contributed by atoms with Crippen molar-refractivity contribution in [2.75, 3.05) is 0 Å². The van der Waals surface area contributed by atoms with E-state index in [0.29, 0.717) is 15.6 Å². The lowest BCUT2D eigenvalue weighted by atomic mass is 9.86. The predicted molar refractivity (Wildman–Crippen MR) is 122 cm³/mol. The van der Waals surface area contributed by atoms with E-state index in [-0.39, 0.29) is 17.6 Å². The van der Waals surface area contributed by atoms with Crippen LogP contribution < -0.4 is 0 Å². The molecule has 29 heavy (non-hydrogen) atoms. The number of amides is 1.